The fourth-order valence-corrected chi connectivity index (χ4v) is 2.75. The number of aryl methyl sites for hydroxylation is 1. The molecule has 0 aliphatic heterocycles. The number of hydrogen-bond donors (Lipinski definition) is 1. The van der Waals surface area contributed by atoms with Crippen LogP contribution in [0.15, 0.2) is 48.9 Å². The Hall–Kier alpha value is -2.73. The number of nitrogens with one attached hydrogen (secondary N) is 1. The summed E-state index contributed by atoms with van der Waals surface area (Å²) in [7, 11) is 3.35. The molecular weight excluding hydrogens is 319 g/mol. The second kappa shape index (κ2) is 7.44. The van der Waals surface area contributed by atoms with Gasteiger partial charge in [0.2, 0.25) is 0 Å². The minimum absolute atomic E-state index is 0.0117. The van der Waals surface area contributed by atoms with E-state index in [2.05, 4.69) is 15.4 Å². The maximum atomic E-state index is 13.9. The van der Waals surface area contributed by atoms with Crippen LogP contribution in [0.25, 0.3) is 11.3 Å². The molecule has 6 heteroatoms. The van der Waals surface area contributed by atoms with Crippen LogP contribution in [0, 0.1) is 5.82 Å². The molecule has 0 radical (unpaired) electrons. The zero-order chi connectivity index (χ0) is 17.8. The van der Waals surface area contributed by atoms with E-state index in [-0.39, 0.29) is 17.6 Å². The Balaban J connectivity index is 1.75. The van der Waals surface area contributed by atoms with E-state index in [9.17, 15) is 4.39 Å². The van der Waals surface area contributed by atoms with Crippen molar-refractivity contribution in [1.29, 1.82) is 0 Å². The summed E-state index contributed by atoms with van der Waals surface area (Å²) >= 11 is 0. The molecule has 2 heterocycles. The number of pyridine rings is 1. The normalized spacial score (nSPS) is 12.2. The average molecular weight is 340 g/mol. The fraction of sp³-hybridized carbons (Fsp3) is 0.263. The highest BCUT2D eigenvalue weighted by molar-refractivity contribution is 5.61. The molecule has 25 heavy (non-hydrogen) atoms. The van der Waals surface area contributed by atoms with Crippen molar-refractivity contribution in [3.63, 3.8) is 0 Å². The number of aromatic nitrogens is 3. The summed E-state index contributed by atoms with van der Waals surface area (Å²) in [5.41, 5.74) is 3.81. The van der Waals surface area contributed by atoms with Crippen LogP contribution in [0.2, 0.25) is 0 Å². The molecule has 0 aliphatic rings. The SMILES string of the molecule is COc1ccc(C(C)NCc2cn(C)nc2-c2cccnc2)cc1F. The zero-order valence-electron chi connectivity index (χ0n) is 14.5. The largest absolute Gasteiger partial charge is 0.494 e. The quantitative estimate of drug-likeness (QED) is 0.746. The molecule has 5 nitrogen and oxygen atoms in total. The van der Waals surface area contributed by atoms with E-state index in [1.165, 1.54) is 13.2 Å². The van der Waals surface area contributed by atoms with Gasteiger partial charge in [0.05, 0.1) is 12.8 Å². The van der Waals surface area contributed by atoms with Gasteiger partial charge in [0, 0.05) is 49.4 Å². The second-order valence-electron chi connectivity index (χ2n) is 5.91. The molecule has 1 atom stereocenters. The molecule has 1 aromatic carbocycles. The summed E-state index contributed by atoms with van der Waals surface area (Å²) < 4.78 is 20.6. The highest BCUT2D eigenvalue weighted by Crippen LogP contribution is 2.24. The first-order valence-corrected chi connectivity index (χ1v) is 8.08. The summed E-state index contributed by atoms with van der Waals surface area (Å²) in [5.74, 6) is -0.104. The lowest BCUT2D eigenvalue weighted by Crippen LogP contribution is -2.18. The van der Waals surface area contributed by atoms with Crippen molar-refractivity contribution < 1.29 is 9.13 Å². The Kier molecular flexibility index (Phi) is 5.09. The van der Waals surface area contributed by atoms with E-state index in [4.69, 9.17) is 4.74 Å². The van der Waals surface area contributed by atoms with Crippen molar-refractivity contribution in [2.45, 2.75) is 19.5 Å². The highest BCUT2D eigenvalue weighted by Gasteiger charge is 2.13. The second-order valence-corrected chi connectivity index (χ2v) is 5.91. The summed E-state index contributed by atoms with van der Waals surface area (Å²) in [6.45, 7) is 2.62. The molecule has 3 rings (SSSR count). The molecule has 3 aromatic rings. The molecule has 1 unspecified atom stereocenters. The Labute approximate surface area is 146 Å². The number of methoxy groups -OCH3 is 1. The van der Waals surface area contributed by atoms with Crippen LogP contribution < -0.4 is 10.1 Å². The minimum atomic E-state index is -0.355. The maximum Gasteiger partial charge on any atom is 0.165 e. The number of hydrogen-bond acceptors (Lipinski definition) is 4. The van der Waals surface area contributed by atoms with E-state index in [0.717, 1.165) is 22.4 Å². The highest BCUT2D eigenvalue weighted by atomic mass is 19.1. The van der Waals surface area contributed by atoms with Crippen LogP contribution in [-0.4, -0.2) is 21.9 Å². The third kappa shape index (κ3) is 3.85. The van der Waals surface area contributed by atoms with E-state index in [1.807, 2.05) is 38.4 Å². The van der Waals surface area contributed by atoms with E-state index in [1.54, 1.807) is 23.1 Å². The number of nitrogens with zero attached hydrogens (tertiary/aromatic N) is 3. The van der Waals surface area contributed by atoms with Gasteiger partial charge in [0.15, 0.2) is 11.6 Å². The Morgan fingerprint density at radius 2 is 2.16 bits per heavy atom. The Morgan fingerprint density at radius 1 is 1.32 bits per heavy atom. The molecule has 130 valence electrons. The molecule has 0 fully saturated rings. The van der Waals surface area contributed by atoms with Gasteiger partial charge in [-0.2, -0.15) is 5.10 Å². The van der Waals surface area contributed by atoms with Crippen molar-refractivity contribution in [2.24, 2.45) is 7.05 Å². The first-order valence-electron chi connectivity index (χ1n) is 8.08. The van der Waals surface area contributed by atoms with Crippen LogP contribution in [0.4, 0.5) is 4.39 Å². The van der Waals surface area contributed by atoms with Gasteiger partial charge in [-0.25, -0.2) is 4.39 Å². The molecule has 1 N–H and O–H groups in total. The lowest BCUT2D eigenvalue weighted by Gasteiger charge is -2.15. The summed E-state index contributed by atoms with van der Waals surface area (Å²) in [6, 6.07) is 8.88. The smallest absolute Gasteiger partial charge is 0.165 e. The van der Waals surface area contributed by atoms with Gasteiger partial charge >= 0.3 is 0 Å². The minimum Gasteiger partial charge on any atom is -0.494 e. The number of ether oxygens (including phenoxy) is 1. The number of benzene rings is 1. The predicted molar refractivity (Wildman–Crippen MR) is 94.6 cm³/mol. The van der Waals surface area contributed by atoms with Gasteiger partial charge in [-0.3, -0.25) is 9.67 Å². The van der Waals surface area contributed by atoms with Gasteiger partial charge in [0.1, 0.15) is 0 Å². The Bertz CT molecular complexity index is 848. The molecule has 0 spiro atoms. The van der Waals surface area contributed by atoms with Crippen LogP contribution in [-0.2, 0) is 13.6 Å². The Morgan fingerprint density at radius 3 is 2.84 bits per heavy atom. The molecule has 2 aromatic heterocycles. The monoisotopic (exact) mass is 340 g/mol. The maximum absolute atomic E-state index is 13.9. The lowest BCUT2D eigenvalue weighted by molar-refractivity contribution is 0.385. The van der Waals surface area contributed by atoms with Crippen molar-refractivity contribution >= 4 is 0 Å². The number of halogens is 1. The topological polar surface area (TPSA) is 52.0 Å². The third-order valence-electron chi connectivity index (χ3n) is 4.11. The fourth-order valence-electron chi connectivity index (χ4n) is 2.75. The van der Waals surface area contributed by atoms with Crippen LogP contribution in [0.3, 0.4) is 0 Å². The van der Waals surface area contributed by atoms with Crippen LogP contribution in [0.1, 0.15) is 24.1 Å². The van der Waals surface area contributed by atoms with Crippen LogP contribution >= 0.6 is 0 Å². The first-order chi connectivity index (χ1) is 12.1. The first kappa shape index (κ1) is 17.1. The molecule has 0 saturated carbocycles. The van der Waals surface area contributed by atoms with Gasteiger partial charge in [0.25, 0.3) is 0 Å². The van der Waals surface area contributed by atoms with Crippen molar-refractivity contribution in [2.75, 3.05) is 7.11 Å². The van der Waals surface area contributed by atoms with Gasteiger partial charge in [-0.15, -0.1) is 0 Å². The van der Waals surface area contributed by atoms with E-state index in [0.29, 0.717) is 6.54 Å². The zero-order valence-corrected chi connectivity index (χ0v) is 14.5. The standard InChI is InChI=1S/C19H21FN4O/c1-13(14-6-7-18(25-3)17(20)9-14)22-11-16-12-24(2)23-19(16)15-5-4-8-21-10-15/h4-10,12-13,22H,11H2,1-3H3. The molecule has 0 aliphatic carbocycles. The number of rotatable bonds is 6. The van der Waals surface area contributed by atoms with Crippen LogP contribution in [0.5, 0.6) is 5.75 Å². The van der Waals surface area contributed by atoms with Crippen molar-refractivity contribution in [3.8, 4) is 17.0 Å². The van der Waals surface area contributed by atoms with E-state index >= 15 is 0 Å². The van der Waals surface area contributed by atoms with Crippen molar-refractivity contribution in [1.82, 2.24) is 20.1 Å². The molecule has 0 bridgehead atoms. The molecule has 0 amide bonds. The lowest BCUT2D eigenvalue weighted by atomic mass is 10.1. The van der Waals surface area contributed by atoms with Crippen molar-refractivity contribution in [3.05, 3.63) is 65.9 Å². The van der Waals surface area contributed by atoms with Gasteiger partial charge in [-0.05, 0) is 36.8 Å². The van der Waals surface area contributed by atoms with E-state index < -0.39 is 0 Å². The summed E-state index contributed by atoms with van der Waals surface area (Å²) in [5, 5.41) is 7.95. The molecule has 0 saturated heterocycles. The predicted octanol–water partition coefficient (Wildman–Crippen LogP) is 3.48. The third-order valence-corrected chi connectivity index (χ3v) is 4.11. The average Bonchev–Trinajstić information content (AvgIpc) is 3.01. The summed E-state index contributed by atoms with van der Waals surface area (Å²) in [6.07, 6.45) is 5.52. The van der Waals surface area contributed by atoms with Gasteiger partial charge in [-0.1, -0.05) is 6.07 Å². The summed E-state index contributed by atoms with van der Waals surface area (Å²) in [4.78, 5) is 4.16. The molecular formula is C19H21FN4O. The van der Waals surface area contributed by atoms with Gasteiger partial charge < -0.3 is 10.1 Å².